The molecule has 0 aromatic heterocycles. The molecule has 20 heavy (non-hydrogen) atoms. The molecule has 1 fully saturated rings. The Morgan fingerprint density at radius 2 is 1.90 bits per heavy atom. The first kappa shape index (κ1) is 15.4. The maximum atomic E-state index is 10.6. The van der Waals surface area contributed by atoms with Crippen molar-refractivity contribution < 1.29 is 19.3 Å². The molecule has 1 aromatic rings. The molecule has 1 aromatic carbocycles. The van der Waals surface area contributed by atoms with Gasteiger partial charge in [0.15, 0.2) is 5.79 Å². The molecule has 1 aliphatic heterocycles. The maximum absolute atomic E-state index is 10.6. The minimum absolute atomic E-state index is 0.0756. The van der Waals surface area contributed by atoms with E-state index in [0.29, 0.717) is 0 Å². The van der Waals surface area contributed by atoms with E-state index in [0.717, 1.165) is 12.0 Å². The average Bonchev–Trinajstić information content (AvgIpc) is 2.75. The van der Waals surface area contributed by atoms with Crippen molar-refractivity contribution in [3.05, 3.63) is 35.9 Å². The highest BCUT2D eigenvalue weighted by Crippen LogP contribution is 2.36. The Morgan fingerprint density at radius 3 is 2.45 bits per heavy atom. The van der Waals surface area contributed by atoms with E-state index in [-0.39, 0.29) is 12.2 Å². The fraction of sp³-hybridized carbons (Fsp3) is 0.625. The summed E-state index contributed by atoms with van der Waals surface area (Å²) in [6.07, 6.45) is -0.736. The zero-order valence-electron chi connectivity index (χ0n) is 12.6. The molecule has 0 spiro atoms. The van der Waals surface area contributed by atoms with Crippen molar-refractivity contribution in [2.45, 2.75) is 57.4 Å². The molecular weight excluding hydrogens is 256 g/mol. The zero-order chi connectivity index (χ0) is 14.8. The van der Waals surface area contributed by atoms with E-state index in [4.69, 9.17) is 14.2 Å². The van der Waals surface area contributed by atoms with Crippen LogP contribution >= 0.6 is 0 Å². The Hall–Kier alpha value is -0.940. The highest BCUT2D eigenvalue weighted by Gasteiger charge is 2.46. The van der Waals surface area contributed by atoms with Gasteiger partial charge in [0.2, 0.25) is 0 Å². The summed E-state index contributed by atoms with van der Waals surface area (Å²) >= 11 is 0. The van der Waals surface area contributed by atoms with Crippen molar-refractivity contribution in [2.75, 3.05) is 7.11 Å². The molecule has 1 saturated heterocycles. The minimum atomic E-state index is -0.738. The molecular formula is C16H24O4. The predicted octanol–water partition coefficient (Wildman–Crippen LogP) is 2.67. The number of ether oxygens (including phenoxy) is 3. The van der Waals surface area contributed by atoms with Crippen LogP contribution in [0.3, 0.4) is 0 Å². The third-order valence-electron chi connectivity index (χ3n) is 3.67. The molecule has 1 aliphatic rings. The molecule has 0 bridgehead atoms. The highest BCUT2D eigenvalue weighted by molar-refractivity contribution is 5.19. The van der Waals surface area contributed by atoms with Crippen LogP contribution in [0.5, 0.6) is 0 Å². The van der Waals surface area contributed by atoms with Crippen LogP contribution in [0.25, 0.3) is 0 Å². The van der Waals surface area contributed by atoms with E-state index < -0.39 is 18.0 Å². The lowest BCUT2D eigenvalue weighted by atomic mass is 9.96. The van der Waals surface area contributed by atoms with Gasteiger partial charge in [-0.15, -0.1) is 0 Å². The molecule has 1 heterocycles. The number of aliphatic hydroxyl groups excluding tert-OH is 1. The van der Waals surface area contributed by atoms with Gasteiger partial charge < -0.3 is 19.3 Å². The predicted molar refractivity (Wildman–Crippen MR) is 76.3 cm³/mol. The zero-order valence-corrected chi connectivity index (χ0v) is 12.6. The SMILES string of the molecule is CC[C@@H]1OC(C)(C)O[C@@H]1[C@@H](OC)[C@@H](O)c1ccccc1. The number of rotatable bonds is 5. The highest BCUT2D eigenvalue weighted by atomic mass is 16.8. The lowest BCUT2D eigenvalue weighted by Gasteiger charge is -2.29. The van der Waals surface area contributed by atoms with Gasteiger partial charge in [-0.25, -0.2) is 0 Å². The Morgan fingerprint density at radius 1 is 1.25 bits per heavy atom. The van der Waals surface area contributed by atoms with Crippen molar-refractivity contribution in [1.82, 2.24) is 0 Å². The normalized spacial score (nSPS) is 28.2. The molecule has 0 radical (unpaired) electrons. The van der Waals surface area contributed by atoms with Crippen LogP contribution < -0.4 is 0 Å². The molecule has 0 aliphatic carbocycles. The standard InChI is InChI=1S/C16H24O4/c1-5-12-14(20-16(2,3)19-12)15(18-4)13(17)11-9-7-6-8-10-11/h6-10,12-15,17H,5H2,1-4H3/t12-,13-,14-,15-/m0/s1. The second kappa shape index (κ2) is 6.22. The topological polar surface area (TPSA) is 47.9 Å². The van der Waals surface area contributed by atoms with E-state index in [2.05, 4.69) is 0 Å². The third-order valence-corrected chi connectivity index (χ3v) is 3.67. The number of aliphatic hydroxyl groups is 1. The molecule has 0 unspecified atom stereocenters. The fourth-order valence-corrected chi connectivity index (χ4v) is 2.74. The van der Waals surface area contributed by atoms with Crippen molar-refractivity contribution in [3.63, 3.8) is 0 Å². The van der Waals surface area contributed by atoms with Crippen molar-refractivity contribution in [2.24, 2.45) is 0 Å². The largest absolute Gasteiger partial charge is 0.386 e. The molecule has 0 saturated carbocycles. The van der Waals surface area contributed by atoms with Crippen molar-refractivity contribution in [1.29, 1.82) is 0 Å². The Kier molecular flexibility index (Phi) is 4.81. The summed E-state index contributed by atoms with van der Waals surface area (Å²) in [5, 5.41) is 10.6. The van der Waals surface area contributed by atoms with Gasteiger partial charge in [-0.3, -0.25) is 0 Å². The number of hydrogen-bond acceptors (Lipinski definition) is 4. The van der Waals surface area contributed by atoms with Crippen LogP contribution in [0, 0.1) is 0 Å². The second-order valence-electron chi connectivity index (χ2n) is 5.60. The molecule has 4 atom stereocenters. The van der Waals surface area contributed by atoms with Gasteiger partial charge >= 0.3 is 0 Å². The van der Waals surface area contributed by atoms with E-state index in [1.165, 1.54) is 0 Å². The van der Waals surface area contributed by atoms with Gasteiger partial charge in [-0.2, -0.15) is 0 Å². The summed E-state index contributed by atoms with van der Waals surface area (Å²) in [7, 11) is 1.60. The Bertz CT molecular complexity index is 418. The summed E-state index contributed by atoms with van der Waals surface area (Å²) in [5.41, 5.74) is 0.822. The lowest BCUT2D eigenvalue weighted by molar-refractivity contribution is -0.166. The molecule has 4 heteroatoms. The number of hydrogen-bond donors (Lipinski definition) is 1. The molecule has 4 nitrogen and oxygen atoms in total. The van der Waals surface area contributed by atoms with Crippen LogP contribution in [0.4, 0.5) is 0 Å². The van der Waals surface area contributed by atoms with Gasteiger partial charge in [0.25, 0.3) is 0 Å². The smallest absolute Gasteiger partial charge is 0.163 e. The minimum Gasteiger partial charge on any atom is -0.386 e. The summed E-state index contributed by atoms with van der Waals surface area (Å²) in [5.74, 6) is -0.640. The Labute approximate surface area is 120 Å². The molecule has 0 amide bonds. The van der Waals surface area contributed by atoms with Gasteiger partial charge in [0.05, 0.1) is 6.10 Å². The van der Waals surface area contributed by atoms with Crippen molar-refractivity contribution in [3.8, 4) is 0 Å². The third kappa shape index (κ3) is 3.20. The van der Waals surface area contributed by atoms with E-state index in [1.54, 1.807) is 7.11 Å². The summed E-state index contributed by atoms with van der Waals surface area (Å²) in [4.78, 5) is 0. The van der Waals surface area contributed by atoms with Crippen LogP contribution in [-0.2, 0) is 14.2 Å². The lowest BCUT2D eigenvalue weighted by Crippen LogP contribution is -2.40. The van der Waals surface area contributed by atoms with Gasteiger partial charge in [0, 0.05) is 7.11 Å². The Balaban J connectivity index is 2.19. The molecule has 2 rings (SSSR count). The quantitative estimate of drug-likeness (QED) is 0.901. The van der Waals surface area contributed by atoms with Crippen LogP contribution in [-0.4, -0.2) is 36.3 Å². The van der Waals surface area contributed by atoms with Gasteiger partial charge in [-0.05, 0) is 25.8 Å². The molecule has 1 N–H and O–H groups in total. The van der Waals surface area contributed by atoms with Crippen LogP contribution in [0.1, 0.15) is 38.9 Å². The monoisotopic (exact) mass is 280 g/mol. The fourth-order valence-electron chi connectivity index (χ4n) is 2.74. The van der Waals surface area contributed by atoms with Gasteiger partial charge in [-0.1, -0.05) is 37.3 Å². The first-order valence-corrected chi connectivity index (χ1v) is 7.10. The van der Waals surface area contributed by atoms with Crippen molar-refractivity contribution >= 4 is 0 Å². The number of methoxy groups -OCH3 is 1. The summed E-state index contributed by atoms with van der Waals surface area (Å²) < 4.78 is 17.3. The first-order chi connectivity index (χ1) is 9.48. The van der Waals surface area contributed by atoms with E-state index in [1.807, 2.05) is 51.1 Å². The van der Waals surface area contributed by atoms with Crippen LogP contribution in [0.15, 0.2) is 30.3 Å². The first-order valence-electron chi connectivity index (χ1n) is 7.10. The van der Waals surface area contributed by atoms with E-state index in [9.17, 15) is 5.11 Å². The maximum Gasteiger partial charge on any atom is 0.163 e. The van der Waals surface area contributed by atoms with Crippen LogP contribution in [0.2, 0.25) is 0 Å². The number of benzene rings is 1. The van der Waals surface area contributed by atoms with Gasteiger partial charge in [0.1, 0.15) is 18.3 Å². The second-order valence-corrected chi connectivity index (χ2v) is 5.60. The summed E-state index contributed by atoms with van der Waals surface area (Å²) in [6, 6.07) is 9.50. The van der Waals surface area contributed by atoms with E-state index >= 15 is 0 Å². The summed E-state index contributed by atoms with van der Waals surface area (Å²) in [6.45, 7) is 5.82. The molecule has 112 valence electrons. The average molecular weight is 280 g/mol.